The summed E-state index contributed by atoms with van der Waals surface area (Å²) in [4.78, 5) is 8.55. The van der Waals surface area contributed by atoms with Crippen molar-refractivity contribution in [3.05, 3.63) is 40.1 Å². The van der Waals surface area contributed by atoms with Gasteiger partial charge in [0.05, 0.1) is 6.33 Å². The molecule has 0 aliphatic heterocycles. The van der Waals surface area contributed by atoms with E-state index in [2.05, 4.69) is 40.6 Å². The highest BCUT2D eigenvalue weighted by molar-refractivity contribution is 7.10. The zero-order chi connectivity index (χ0) is 11.4. The van der Waals surface area contributed by atoms with Crippen molar-refractivity contribution in [1.82, 2.24) is 15.3 Å². The maximum absolute atomic E-state index is 4.00. The lowest BCUT2D eigenvalue weighted by Gasteiger charge is -2.12. The van der Waals surface area contributed by atoms with E-state index in [9.17, 15) is 0 Å². The highest BCUT2D eigenvalue weighted by atomic mass is 32.1. The normalized spacial score (nSPS) is 12.9. The fourth-order valence-electron chi connectivity index (χ4n) is 1.77. The molecule has 86 valence electrons. The van der Waals surface area contributed by atoms with Crippen molar-refractivity contribution >= 4 is 11.3 Å². The molecule has 0 spiro atoms. The average molecular weight is 235 g/mol. The summed E-state index contributed by atoms with van der Waals surface area (Å²) in [5, 5.41) is 5.68. The van der Waals surface area contributed by atoms with Crippen LogP contribution in [0.1, 0.15) is 29.1 Å². The molecule has 4 heteroatoms. The molecule has 16 heavy (non-hydrogen) atoms. The standard InChI is InChI=1S/C12H17N3S/c1-9-4-6-16-12(9)10(2)14-5-3-11-7-13-8-15-11/h4,6-8,10,14H,3,5H2,1-2H3,(H,13,15). The van der Waals surface area contributed by atoms with Crippen molar-refractivity contribution < 1.29 is 0 Å². The van der Waals surface area contributed by atoms with Gasteiger partial charge in [-0.25, -0.2) is 4.98 Å². The first-order valence-electron chi connectivity index (χ1n) is 5.52. The number of aromatic amines is 1. The van der Waals surface area contributed by atoms with Crippen molar-refractivity contribution in [3.63, 3.8) is 0 Å². The minimum atomic E-state index is 0.433. The SMILES string of the molecule is Cc1ccsc1C(C)NCCc1cnc[nH]1. The minimum absolute atomic E-state index is 0.433. The Bertz CT molecular complexity index is 419. The van der Waals surface area contributed by atoms with Gasteiger partial charge in [-0.05, 0) is 30.9 Å². The molecule has 0 saturated carbocycles. The maximum Gasteiger partial charge on any atom is 0.0921 e. The van der Waals surface area contributed by atoms with Gasteiger partial charge in [0.25, 0.3) is 0 Å². The number of hydrogen-bond donors (Lipinski definition) is 2. The van der Waals surface area contributed by atoms with Crippen molar-refractivity contribution in [3.8, 4) is 0 Å². The fourth-order valence-corrected chi connectivity index (χ4v) is 2.73. The number of rotatable bonds is 5. The van der Waals surface area contributed by atoms with E-state index in [-0.39, 0.29) is 0 Å². The molecule has 0 aliphatic rings. The van der Waals surface area contributed by atoms with Gasteiger partial charge in [-0.3, -0.25) is 0 Å². The van der Waals surface area contributed by atoms with Crippen LogP contribution in [0.25, 0.3) is 0 Å². The highest BCUT2D eigenvalue weighted by Crippen LogP contribution is 2.23. The molecule has 1 atom stereocenters. The van der Waals surface area contributed by atoms with Crippen molar-refractivity contribution in [2.45, 2.75) is 26.3 Å². The molecule has 0 aliphatic carbocycles. The van der Waals surface area contributed by atoms with Crippen LogP contribution in [0.2, 0.25) is 0 Å². The first-order valence-corrected chi connectivity index (χ1v) is 6.40. The lowest BCUT2D eigenvalue weighted by atomic mass is 10.2. The third-order valence-corrected chi connectivity index (χ3v) is 3.90. The van der Waals surface area contributed by atoms with Gasteiger partial charge in [0.2, 0.25) is 0 Å². The summed E-state index contributed by atoms with van der Waals surface area (Å²) >= 11 is 1.82. The first kappa shape index (κ1) is 11.4. The van der Waals surface area contributed by atoms with E-state index >= 15 is 0 Å². The van der Waals surface area contributed by atoms with Gasteiger partial charge >= 0.3 is 0 Å². The zero-order valence-corrected chi connectivity index (χ0v) is 10.5. The van der Waals surface area contributed by atoms with Crippen LogP contribution in [0.4, 0.5) is 0 Å². The van der Waals surface area contributed by atoms with Crippen LogP contribution in [0.3, 0.4) is 0 Å². The average Bonchev–Trinajstić information content (AvgIpc) is 2.88. The number of aryl methyl sites for hydroxylation is 1. The zero-order valence-electron chi connectivity index (χ0n) is 9.66. The Kier molecular flexibility index (Phi) is 3.74. The van der Waals surface area contributed by atoms with Crippen LogP contribution in [0, 0.1) is 6.92 Å². The smallest absolute Gasteiger partial charge is 0.0921 e. The summed E-state index contributed by atoms with van der Waals surface area (Å²) < 4.78 is 0. The van der Waals surface area contributed by atoms with Crippen LogP contribution in [-0.2, 0) is 6.42 Å². The van der Waals surface area contributed by atoms with Crippen LogP contribution in [-0.4, -0.2) is 16.5 Å². The number of nitrogens with zero attached hydrogens (tertiary/aromatic N) is 1. The van der Waals surface area contributed by atoms with Gasteiger partial charge in [0.15, 0.2) is 0 Å². The molecule has 0 amide bonds. The Labute approximate surface area is 99.9 Å². The molecular weight excluding hydrogens is 218 g/mol. The summed E-state index contributed by atoms with van der Waals surface area (Å²) in [5.74, 6) is 0. The number of hydrogen-bond acceptors (Lipinski definition) is 3. The molecule has 2 heterocycles. The molecular formula is C12H17N3S. The Morgan fingerprint density at radius 2 is 2.44 bits per heavy atom. The quantitative estimate of drug-likeness (QED) is 0.836. The van der Waals surface area contributed by atoms with Crippen LogP contribution >= 0.6 is 11.3 Å². The molecule has 0 saturated heterocycles. The van der Waals surface area contributed by atoms with Gasteiger partial charge in [0.1, 0.15) is 0 Å². The van der Waals surface area contributed by atoms with E-state index < -0.39 is 0 Å². The van der Waals surface area contributed by atoms with E-state index in [1.54, 1.807) is 6.33 Å². The van der Waals surface area contributed by atoms with E-state index in [1.165, 1.54) is 16.1 Å². The first-order chi connectivity index (χ1) is 7.77. The number of aromatic nitrogens is 2. The lowest BCUT2D eigenvalue weighted by Crippen LogP contribution is -2.21. The molecule has 0 bridgehead atoms. The number of imidazole rings is 1. The van der Waals surface area contributed by atoms with E-state index in [4.69, 9.17) is 0 Å². The molecule has 2 N–H and O–H groups in total. The lowest BCUT2D eigenvalue weighted by molar-refractivity contribution is 0.580. The van der Waals surface area contributed by atoms with E-state index in [0.29, 0.717) is 6.04 Å². The summed E-state index contributed by atoms with van der Waals surface area (Å²) in [7, 11) is 0. The molecule has 2 aromatic rings. The summed E-state index contributed by atoms with van der Waals surface area (Å²) in [6.45, 7) is 5.35. The monoisotopic (exact) mass is 235 g/mol. The Morgan fingerprint density at radius 3 is 3.06 bits per heavy atom. The van der Waals surface area contributed by atoms with Crippen molar-refractivity contribution in [2.24, 2.45) is 0 Å². The Hall–Kier alpha value is -1.13. The molecule has 0 radical (unpaired) electrons. The Balaban J connectivity index is 1.80. The predicted molar refractivity (Wildman–Crippen MR) is 67.8 cm³/mol. The molecule has 3 nitrogen and oxygen atoms in total. The van der Waals surface area contributed by atoms with Crippen molar-refractivity contribution in [2.75, 3.05) is 6.54 Å². The summed E-state index contributed by atoms with van der Waals surface area (Å²) in [5.41, 5.74) is 2.56. The minimum Gasteiger partial charge on any atom is -0.348 e. The highest BCUT2D eigenvalue weighted by Gasteiger charge is 2.08. The predicted octanol–water partition coefficient (Wildman–Crippen LogP) is 2.67. The third kappa shape index (κ3) is 2.71. The molecule has 0 fully saturated rings. The van der Waals surface area contributed by atoms with Gasteiger partial charge in [-0.2, -0.15) is 0 Å². The topological polar surface area (TPSA) is 40.7 Å². The molecule has 1 unspecified atom stereocenters. The second-order valence-electron chi connectivity index (χ2n) is 3.97. The third-order valence-electron chi connectivity index (χ3n) is 2.69. The second kappa shape index (κ2) is 5.27. The van der Waals surface area contributed by atoms with Crippen LogP contribution in [0.15, 0.2) is 24.0 Å². The van der Waals surface area contributed by atoms with Crippen LogP contribution < -0.4 is 5.32 Å². The number of nitrogens with one attached hydrogen (secondary N) is 2. The van der Waals surface area contributed by atoms with Gasteiger partial charge in [0, 0.05) is 35.8 Å². The molecule has 0 aromatic carbocycles. The van der Waals surface area contributed by atoms with Gasteiger partial charge < -0.3 is 10.3 Å². The molecule has 2 rings (SSSR count). The van der Waals surface area contributed by atoms with Crippen molar-refractivity contribution in [1.29, 1.82) is 0 Å². The summed E-state index contributed by atoms with van der Waals surface area (Å²) in [6, 6.07) is 2.61. The molecule has 2 aromatic heterocycles. The van der Waals surface area contributed by atoms with E-state index in [0.717, 1.165) is 13.0 Å². The maximum atomic E-state index is 4.00. The van der Waals surface area contributed by atoms with Gasteiger partial charge in [-0.1, -0.05) is 0 Å². The largest absolute Gasteiger partial charge is 0.348 e. The van der Waals surface area contributed by atoms with Gasteiger partial charge in [-0.15, -0.1) is 11.3 Å². The van der Waals surface area contributed by atoms with E-state index in [1.807, 2.05) is 17.5 Å². The number of H-pyrrole nitrogens is 1. The Morgan fingerprint density at radius 1 is 1.56 bits per heavy atom. The summed E-state index contributed by atoms with van der Waals surface area (Å²) in [6.07, 6.45) is 4.60. The fraction of sp³-hybridized carbons (Fsp3) is 0.417. The van der Waals surface area contributed by atoms with Crippen LogP contribution in [0.5, 0.6) is 0 Å². The number of thiophene rings is 1. The second-order valence-corrected chi connectivity index (χ2v) is 4.92.